The Bertz CT molecular complexity index is 747. The molecule has 5 rings (SSSR count). The molecule has 25 heavy (non-hydrogen) atoms. The molecule has 0 aromatic heterocycles. The Kier molecular flexibility index (Phi) is 3.36. The van der Waals surface area contributed by atoms with Crippen molar-refractivity contribution in [2.45, 2.75) is 55.2 Å². The van der Waals surface area contributed by atoms with E-state index in [1.54, 1.807) is 0 Å². The third-order valence-corrected chi connectivity index (χ3v) is 9.98. The van der Waals surface area contributed by atoms with Gasteiger partial charge in [0.25, 0.3) is 0 Å². The first kappa shape index (κ1) is 16.1. The summed E-state index contributed by atoms with van der Waals surface area (Å²) in [5.41, 5.74) is 1.24. The number of hydrogen-bond donors (Lipinski definition) is 0. The number of hydrogen-bond acceptors (Lipinski definition) is 3. The number of ether oxygens (including phenoxy) is 2. The summed E-state index contributed by atoms with van der Waals surface area (Å²) in [7, 11) is 0. The monoisotopic (exact) mass is 404 g/mol. The van der Waals surface area contributed by atoms with Gasteiger partial charge in [-0.15, -0.1) is 0 Å². The van der Waals surface area contributed by atoms with Crippen LogP contribution >= 0.6 is 0 Å². The van der Waals surface area contributed by atoms with Crippen molar-refractivity contribution in [2.24, 2.45) is 17.8 Å². The van der Waals surface area contributed by atoms with E-state index in [0.29, 0.717) is 5.92 Å². The maximum atomic E-state index is 13.0. The zero-order valence-corrected chi connectivity index (χ0v) is 16.4. The van der Waals surface area contributed by atoms with Gasteiger partial charge in [-0.05, 0) is 0 Å². The van der Waals surface area contributed by atoms with Crippen molar-refractivity contribution in [2.75, 3.05) is 0 Å². The Hall–Kier alpha value is -1.09. The van der Waals surface area contributed by atoms with Crippen LogP contribution in [-0.2, 0) is 14.3 Å². The van der Waals surface area contributed by atoms with Gasteiger partial charge in [0.2, 0.25) is 0 Å². The predicted octanol–water partition coefficient (Wildman–Crippen LogP) is 2.88. The number of carbonyl (C=O) groups is 1. The first-order chi connectivity index (χ1) is 11.9. The molecule has 0 bridgehead atoms. The van der Waals surface area contributed by atoms with Crippen LogP contribution in [0.1, 0.15) is 33.1 Å². The Balaban J connectivity index is 1.53. The van der Waals surface area contributed by atoms with Crippen molar-refractivity contribution >= 4 is 25.4 Å². The van der Waals surface area contributed by atoms with Crippen molar-refractivity contribution in [3.63, 3.8) is 0 Å². The molecule has 4 heteroatoms. The van der Waals surface area contributed by atoms with E-state index in [1.807, 2.05) is 6.07 Å². The summed E-state index contributed by atoms with van der Waals surface area (Å²) in [6, 6.07) is 10.4. The van der Waals surface area contributed by atoms with Crippen molar-refractivity contribution in [3.05, 3.63) is 42.5 Å². The molecule has 1 aromatic carbocycles. The molecular formula is C21H24O3Se. The van der Waals surface area contributed by atoms with Gasteiger partial charge >= 0.3 is 155 Å². The van der Waals surface area contributed by atoms with Crippen molar-refractivity contribution in [3.8, 4) is 0 Å². The molecular weight excluding hydrogens is 379 g/mol. The van der Waals surface area contributed by atoms with E-state index in [9.17, 15) is 4.79 Å². The molecule has 2 saturated heterocycles. The normalized spacial score (nSPS) is 47.5. The number of benzene rings is 1. The number of fused-ring (bicyclic) bond motifs is 5. The van der Waals surface area contributed by atoms with Crippen LogP contribution in [0.5, 0.6) is 0 Å². The van der Waals surface area contributed by atoms with Gasteiger partial charge in [0, 0.05) is 0 Å². The molecule has 1 aromatic rings. The summed E-state index contributed by atoms with van der Waals surface area (Å²) in [5, 5.41) is 0. The molecule has 4 aliphatic rings. The van der Waals surface area contributed by atoms with Crippen LogP contribution < -0.4 is 4.46 Å². The first-order valence-electron chi connectivity index (χ1n) is 9.24. The Morgan fingerprint density at radius 1 is 1.20 bits per heavy atom. The minimum atomic E-state index is -0.413. The first-order valence-corrected chi connectivity index (χ1v) is 11.0. The van der Waals surface area contributed by atoms with Crippen molar-refractivity contribution in [1.82, 2.24) is 0 Å². The molecule has 2 aliphatic carbocycles. The van der Waals surface area contributed by atoms with E-state index in [-0.39, 0.29) is 50.6 Å². The van der Waals surface area contributed by atoms with Gasteiger partial charge in [0.05, 0.1) is 0 Å². The van der Waals surface area contributed by atoms with Crippen LogP contribution in [0.2, 0.25) is 4.31 Å². The quantitative estimate of drug-likeness (QED) is 0.330. The molecule has 0 amide bonds. The van der Waals surface area contributed by atoms with Crippen LogP contribution in [-0.4, -0.2) is 38.7 Å². The standard InChI is InChI=1S/C21H24O3Se/c1-12-9-10-14-17(12)18-15(11-16-20(14,2)24-16)21(3,19(22)23-18)25-13-7-5-4-6-8-13/h4-8,14-18H,1,9-11H2,2-3H3/t14-,15-,16-,17+,18+,20+,21-/m1/s1. The van der Waals surface area contributed by atoms with Gasteiger partial charge in [-0.2, -0.15) is 0 Å². The van der Waals surface area contributed by atoms with E-state index >= 15 is 0 Å². The SMILES string of the molecule is C=C1CC[C@@H]2[C@H]1[C@H]1OC(=O)[C@](C)([Se]c3ccccc3)[C@@H]1C[C@H]1O[C@@]21C. The molecule has 7 atom stereocenters. The average molecular weight is 403 g/mol. The number of esters is 1. The van der Waals surface area contributed by atoms with Crippen LogP contribution in [0.3, 0.4) is 0 Å². The molecule has 2 aliphatic heterocycles. The van der Waals surface area contributed by atoms with Crippen LogP contribution in [0.25, 0.3) is 0 Å². The second-order valence-corrected chi connectivity index (χ2v) is 11.6. The third-order valence-electron chi connectivity index (χ3n) is 7.04. The van der Waals surface area contributed by atoms with Gasteiger partial charge in [0.15, 0.2) is 0 Å². The summed E-state index contributed by atoms with van der Waals surface area (Å²) in [6.45, 7) is 8.73. The fourth-order valence-corrected chi connectivity index (χ4v) is 8.23. The summed E-state index contributed by atoms with van der Waals surface area (Å²) in [4.78, 5) is 13.0. The maximum absolute atomic E-state index is 13.0. The van der Waals surface area contributed by atoms with Gasteiger partial charge in [-0.1, -0.05) is 0 Å². The van der Waals surface area contributed by atoms with Gasteiger partial charge in [-0.3, -0.25) is 0 Å². The molecule has 0 spiro atoms. The zero-order chi connectivity index (χ0) is 17.4. The van der Waals surface area contributed by atoms with Crippen molar-refractivity contribution < 1.29 is 14.3 Å². The molecule has 4 fully saturated rings. The van der Waals surface area contributed by atoms with Crippen LogP contribution in [0, 0.1) is 17.8 Å². The van der Waals surface area contributed by atoms with Gasteiger partial charge < -0.3 is 0 Å². The molecule has 132 valence electrons. The number of carbonyl (C=O) groups excluding carboxylic acids is 1. The molecule has 0 N–H and O–H groups in total. The Morgan fingerprint density at radius 2 is 1.96 bits per heavy atom. The molecule has 0 radical (unpaired) electrons. The fraction of sp³-hybridized carbons (Fsp3) is 0.571. The summed E-state index contributed by atoms with van der Waals surface area (Å²) in [6.07, 6.45) is 3.39. The fourth-order valence-electron chi connectivity index (χ4n) is 5.51. The topological polar surface area (TPSA) is 38.8 Å². The van der Waals surface area contributed by atoms with E-state index in [1.165, 1.54) is 10.0 Å². The summed E-state index contributed by atoms with van der Waals surface area (Å²) >= 11 is 0.0514. The second kappa shape index (κ2) is 5.22. The Labute approximate surface area is 155 Å². The third kappa shape index (κ3) is 2.17. The molecule has 2 saturated carbocycles. The van der Waals surface area contributed by atoms with E-state index in [4.69, 9.17) is 9.47 Å². The van der Waals surface area contributed by atoms with Gasteiger partial charge in [-0.25, -0.2) is 0 Å². The molecule has 2 heterocycles. The van der Waals surface area contributed by atoms with Crippen LogP contribution in [0.15, 0.2) is 42.5 Å². The molecule has 0 unspecified atom stereocenters. The summed E-state index contributed by atoms with van der Waals surface area (Å²) in [5.74, 6) is 0.963. The number of epoxide rings is 1. The minimum absolute atomic E-state index is 0.00341. The number of rotatable bonds is 2. The van der Waals surface area contributed by atoms with Crippen LogP contribution in [0.4, 0.5) is 0 Å². The predicted molar refractivity (Wildman–Crippen MR) is 96.8 cm³/mol. The van der Waals surface area contributed by atoms with E-state index < -0.39 is 4.31 Å². The zero-order valence-electron chi connectivity index (χ0n) is 14.7. The van der Waals surface area contributed by atoms with Crippen molar-refractivity contribution in [1.29, 1.82) is 0 Å². The summed E-state index contributed by atoms with van der Waals surface area (Å²) < 4.78 is 13.1. The molecule has 3 nitrogen and oxygen atoms in total. The van der Waals surface area contributed by atoms with E-state index in [2.05, 4.69) is 44.7 Å². The second-order valence-electron chi connectivity index (χ2n) is 8.35. The van der Waals surface area contributed by atoms with E-state index in [0.717, 1.165) is 19.3 Å². The van der Waals surface area contributed by atoms with Gasteiger partial charge in [0.1, 0.15) is 0 Å². The Morgan fingerprint density at radius 3 is 2.72 bits per heavy atom. The average Bonchev–Trinajstić information content (AvgIpc) is 3.01.